The lowest BCUT2D eigenvalue weighted by molar-refractivity contribution is -0.161. The van der Waals surface area contributed by atoms with E-state index >= 15 is 0 Å². The van der Waals surface area contributed by atoms with Crippen LogP contribution in [-0.2, 0) is 19.1 Å². The van der Waals surface area contributed by atoms with E-state index in [2.05, 4.69) is 160 Å². The van der Waals surface area contributed by atoms with E-state index in [9.17, 15) is 14.7 Å². The summed E-state index contributed by atoms with van der Waals surface area (Å²) in [5.41, 5.74) is 0. The fraction of sp³-hybridized carbons (Fsp3) is 0.612. The largest absolute Gasteiger partial charge is 0.462 e. The van der Waals surface area contributed by atoms with Gasteiger partial charge in [0.15, 0.2) is 6.10 Å². The molecule has 0 aliphatic heterocycles. The van der Waals surface area contributed by atoms with Crippen LogP contribution in [0.5, 0.6) is 0 Å². The smallest absolute Gasteiger partial charge is 0.306 e. The molecule has 0 aromatic heterocycles. The molecule has 0 spiro atoms. The van der Waals surface area contributed by atoms with Crippen molar-refractivity contribution in [1.82, 2.24) is 0 Å². The summed E-state index contributed by atoms with van der Waals surface area (Å²) < 4.78 is 10.7. The molecule has 72 heavy (non-hydrogen) atoms. The van der Waals surface area contributed by atoms with E-state index in [1.165, 1.54) is 89.9 Å². The lowest BCUT2D eigenvalue weighted by Crippen LogP contribution is -2.28. The van der Waals surface area contributed by atoms with Gasteiger partial charge in [-0.25, -0.2) is 0 Å². The number of esters is 2. The van der Waals surface area contributed by atoms with Gasteiger partial charge in [0.05, 0.1) is 6.61 Å². The van der Waals surface area contributed by atoms with Gasteiger partial charge in [-0.3, -0.25) is 9.59 Å². The SMILES string of the molecule is CC/C=C\C/C=C\C/C=C\C/C=C\C/C=C\C/C=C\CCCCCCCCCCCCCCCCCCC(=O)OC(CO)COC(=O)CCCCCC/C=C\C/C=C\C/C=C\C/C=C\C/C=C\C/C=C\CC. The number of carbonyl (C=O) groups excluding carboxylic acids is 2. The standard InChI is InChI=1S/C67H108O5/c1-3-5-7-9-11-13-15-17-19-21-23-25-27-28-29-30-31-32-33-34-35-36-37-38-40-42-44-46-48-50-52-54-56-58-60-62-67(70)72-65(63-68)64-71-66(69)61-59-57-55-53-51-49-47-45-43-41-39-26-24-22-20-18-16-14-12-10-8-6-4-2/h5-8,11-14,17-20,23-26,28-29,31-32,41,43,47,49,65,68H,3-4,9-10,15-16,21-22,27,30,33-40,42,44-46,48,50-64H2,1-2H3/b7-5-,8-6-,13-11-,14-12-,19-17-,20-18-,25-23-,26-24-,29-28-,32-31-,43-41-,49-47-. The van der Waals surface area contributed by atoms with Crippen molar-refractivity contribution in [3.05, 3.63) is 146 Å². The average molecular weight is 994 g/mol. The van der Waals surface area contributed by atoms with Crippen molar-refractivity contribution in [2.75, 3.05) is 13.2 Å². The van der Waals surface area contributed by atoms with E-state index in [1.54, 1.807) is 0 Å². The van der Waals surface area contributed by atoms with Crippen molar-refractivity contribution < 1.29 is 24.2 Å². The molecule has 0 aromatic rings. The normalized spacial score (nSPS) is 13.3. The third kappa shape index (κ3) is 58.4. The second-order valence-corrected chi connectivity index (χ2v) is 19.0. The predicted molar refractivity (Wildman–Crippen MR) is 315 cm³/mol. The van der Waals surface area contributed by atoms with Crippen molar-refractivity contribution in [3.8, 4) is 0 Å². The van der Waals surface area contributed by atoms with E-state index in [4.69, 9.17) is 9.47 Å². The Morgan fingerprint density at radius 3 is 0.833 bits per heavy atom. The molecule has 0 heterocycles. The summed E-state index contributed by atoms with van der Waals surface area (Å²) >= 11 is 0. The quantitative estimate of drug-likeness (QED) is 0.0373. The van der Waals surface area contributed by atoms with Crippen LogP contribution in [0.3, 0.4) is 0 Å². The molecule has 1 atom stereocenters. The highest BCUT2D eigenvalue weighted by Gasteiger charge is 2.16. The summed E-state index contributed by atoms with van der Waals surface area (Å²) in [5, 5.41) is 9.66. The number of aliphatic hydroxyl groups excluding tert-OH is 1. The molecular formula is C67H108O5. The fourth-order valence-electron chi connectivity index (χ4n) is 7.80. The number of unbranched alkanes of at least 4 members (excludes halogenated alkanes) is 20. The third-order valence-corrected chi connectivity index (χ3v) is 12.1. The molecule has 5 heteroatoms. The molecule has 0 rings (SSSR count). The highest BCUT2D eigenvalue weighted by atomic mass is 16.6. The maximum absolute atomic E-state index is 12.3. The molecule has 0 aliphatic carbocycles. The molecule has 1 unspecified atom stereocenters. The molecule has 0 saturated carbocycles. The van der Waals surface area contributed by atoms with Gasteiger partial charge >= 0.3 is 11.9 Å². The van der Waals surface area contributed by atoms with Crippen LogP contribution in [0.2, 0.25) is 0 Å². The van der Waals surface area contributed by atoms with Gasteiger partial charge in [0, 0.05) is 12.8 Å². The minimum absolute atomic E-state index is 0.0867. The second kappa shape index (κ2) is 61.1. The highest BCUT2D eigenvalue weighted by molar-refractivity contribution is 5.70. The van der Waals surface area contributed by atoms with Crippen LogP contribution < -0.4 is 0 Å². The Hall–Kier alpha value is -4.22. The van der Waals surface area contributed by atoms with E-state index < -0.39 is 6.10 Å². The fourth-order valence-corrected chi connectivity index (χ4v) is 7.80. The molecule has 0 aliphatic rings. The number of allylic oxidation sites excluding steroid dienone is 24. The van der Waals surface area contributed by atoms with Gasteiger partial charge in [-0.1, -0.05) is 262 Å². The second-order valence-electron chi connectivity index (χ2n) is 19.0. The van der Waals surface area contributed by atoms with Crippen molar-refractivity contribution >= 4 is 11.9 Å². The monoisotopic (exact) mass is 993 g/mol. The Balaban J connectivity index is 3.55. The molecule has 406 valence electrons. The summed E-state index contributed by atoms with van der Waals surface area (Å²) in [6.07, 6.45) is 92.5. The molecule has 0 fully saturated rings. The highest BCUT2D eigenvalue weighted by Crippen LogP contribution is 2.15. The zero-order valence-electron chi connectivity index (χ0n) is 46.4. The maximum Gasteiger partial charge on any atom is 0.306 e. The van der Waals surface area contributed by atoms with Gasteiger partial charge < -0.3 is 14.6 Å². The van der Waals surface area contributed by atoms with Crippen LogP contribution >= 0.6 is 0 Å². The molecule has 1 N–H and O–H groups in total. The Morgan fingerprint density at radius 2 is 0.556 bits per heavy atom. The molecule has 0 amide bonds. The first-order valence-corrected chi connectivity index (χ1v) is 29.4. The lowest BCUT2D eigenvalue weighted by Gasteiger charge is -2.15. The van der Waals surface area contributed by atoms with E-state index in [1.807, 2.05) is 0 Å². The molecular weight excluding hydrogens is 885 g/mol. The average Bonchev–Trinajstić information content (AvgIpc) is 3.38. The summed E-state index contributed by atoms with van der Waals surface area (Å²) in [4.78, 5) is 24.5. The number of ether oxygens (including phenoxy) is 2. The maximum atomic E-state index is 12.3. The number of rotatable bonds is 52. The van der Waals surface area contributed by atoms with Crippen LogP contribution in [0, 0.1) is 0 Å². The van der Waals surface area contributed by atoms with Crippen LogP contribution in [-0.4, -0.2) is 36.4 Å². The van der Waals surface area contributed by atoms with Crippen LogP contribution in [0.4, 0.5) is 0 Å². The zero-order chi connectivity index (χ0) is 52.0. The first-order valence-electron chi connectivity index (χ1n) is 29.4. The first kappa shape index (κ1) is 67.8. The Kier molecular flexibility index (Phi) is 57.5. The first-order chi connectivity index (χ1) is 35.6. The van der Waals surface area contributed by atoms with Gasteiger partial charge in [-0.05, 0) is 116 Å². The molecule has 0 bridgehead atoms. The summed E-state index contributed by atoms with van der Waals surface area (Å²) in [5.74, 6) is -0.624. The minimum atomic E-state index is -0.794. The van der Waals surface area contributed by atoms with E-state index in [-0.39, 0.29) is 25.2 Å². The number of aliphatic hydroxyl groups is 1. The molecule has 5 nitrogen and oxygen atoms in total. The third-order valence-electron chi connectivity index (χ3n) is 12.1. The van der Waals surface area contributed by atoms with E-state index in [0.29, 0.717) is 12.8 Å². The van der Waals surface area contributed by atoms with Gasteiger partial charge in [0.2, 0.25) is 0 Å². The zero-order valence-corrected chi connectivity index (χ0v) is 46.4. The van der Waals surface area contributed by atoms with Crippen LogP contribution in [0.15, 0.2) is 146 Å². The van der Waals surface area contributed by atoms with Crippen molar-refractivity contribution in [2.45, 2.75) is 251 Å². The topological polar surface area (TPSA) is 72.8 Å². The lowest BCUT2D eigenvalue weighted by atomic mass is 10.0. The number of hydrogen-bond acceptors (Lipinski definition) is 5. The number of hydrogen-bond donors (Lipinski definition) is 1. The van der Waals surface area contributed by atoms with Gasteiger partial charge in [-0.2, -0.15) is 0 Å². The molecule has 0 aromatic carbocycles. The Bertz CT molecular complexity index is 1540. The van der Waals surface area contributed by atoms with Crippen molar-refractivity contribution in [3.63, 3.8) is 0 Å². The molecule has 0 radical (unpaired) electrons. The summed E-state index contributed by atoms with van der Waals surface area (Å²) in [6, 6.07) is 0. The Labute approximate surface area is 444 Å². The van der Waals surface area contributed by atoms with Gasteiger partial charge in [-0.15, -0.1) is 0 Å². The summed E-state index contributed by atoms with van der Waals surface area (Å²) in [6.45, 7) is 3.89. The summed E-state index contributed by atoms with van der Waals surface area (Å²) in [7, 11) is 0. The van der Waals surface area contributed by atoms with Crippen molar-refractivity contribution in [1.29, 1.82) is 0 Å². The number of carbonyl (C=O) groups is 2. The Morgan fingerprint density at radius 1 is 0.319 bits per heavy atom. The van der Waals surface area contributed by atoms with Gasteiger partial charge in [0.25, 0.3) is 0 Å². The van der Waals surface area contributed by atoms with Crippen molar-refractivity contribution in [2.24, 2.45) is 0 Å². The van der Waals surface area contributed by atoms with Crippen LogP contribution in [0.1, 0.15) is 245 Å². The van der Waals surface area contributed by atoms with E-state index in [0.717, 1.165) is 128 Å². The van der Waals surface area contributed by atoms with Gasteiger partial charge in [0.1, 0.15) is 6.61 Å². The minimum Gasteiger partial charge on any atom is -0.462 e. The predicted octanol–water partition coefficient (Wildman–Crippen LogP) is 20.2. The molecule has 0 saturated heterocycles. The van der Waals surface area contributed by atoms with Crippen LogP contribution in [0.25, 0.3) is 0 Å².